The van der Waals surface area contributed by atoms with Crippen LogP contribution in [0.1, 0.15) is 18.1 Å². The van der Waals surface area contributed by atoms with Gasteiger partial charge in [0.15, 0.2) is 5.84 Å². The van der Waals surface area contributed by atoms with Crippen LogP contribution in [-0.2, 0) is 9.59 Å². The van der Waals surface area contributed by atoms with E-state index in [0.29, 0.717) is 17.1 Å². The molecule has 33 heavy (non-hydrogen) atoms. The molecule has 1 aliphatic rings. The molecule has 1 atom stereocenters. The molecule has 0 fully saturated rings. The van der Waals surface area contributed by atoms with Crippen LogP contribution in [-0.4, -0.2) is 28.9 Å². The third kappa shape index (κ3) is 7.21. The number of carbonyl (C=O) groups excluding carboxylic acids is 2. The van der Waals surface area contributed by atoms with Gasteiger partial charge in [0.05, 0.1) is 5.75 Å². The van der Waals surface area contributed by atoms with Gasteiger partial charge in [0.2, 0.25) is 11.4 Å². The number of hydrogen-bond acceptors (Lipinski definition) is 6. The number of allylic oxidation sites excluding steroid dienone is 1. The van der Waals surface area contributed by atoms with Crippen LogP contribution in [0.2, 0.25) is 0 Å². The Hall–Kier alpha value is -3.59. The summed E-state index contributed by atoms with van der Waals surface area (Å²) >= 11 is 1.25. The van der Waals surface area contributed by atoms with E-state index in [1.54, 1.807) is 31.2 Å². The number of aryl methyl sites for hydroxylation is 2. The molecular weight excluding hydrogens is 441 g/mol. The van der Waals surface area contributed by atoms with E-state index < -0.39 is 11.3 Å². The molecule has 0 aromatic heterocycles. The number of carbonyl (C=O) groups is 2. The summed E-state index contributed by atoms with van der Waals surface area (Å²) in [4.78, 5) is 29.0. The Balaban J connectivity index is 1.50. The molecule has 0 radical (unpaired) electrons. The number of aliphatic imine (C=N–C) groups is 1. The zero-order valence-electron chi connectivity index (χ0n) is 18.5. The summed E-state index contributed by atoms with van der Waals surface area (Å²) in [6, 6.07) is 11.5. The first kappa shape index (κ1) is 24.1. The van der Waals surface area contributed by atoms with E-state index in [1.165, 1.54) is 30.0 Å². The number of nitrogens with zero attached hydrogens (tertiary/aromatic N) is 3. The van der Waals surface area contributed by atoms with Crippen molar-refractivity contribution in [3.8, 4) is 0 Å². The van der Waals surface area contributed by atoms with Crippen molar-refractivity contribution >= 4 is 40.8 Å². The molecule has 0 saturated heterocycles. The third-order valence-corrected chi connectivity index (χ3v) is 5.52. The van der Waals surface area contributed by atoms with Crippen LogP contribution in [0, 0.1) is 19.7 Å². The summed E-state index contributed by atoms with van der Waals surface area (Å²) in [5.41, 5.74) is 3.11. The molecule has 9 heteroatoms. The maximum absolute atomic E-state index is 13.3. The average Bonchev–Trinajstić information content (AvgIpc) is 3.22. The van der Waals surface area contributed by atoms with E-state index in [9.17, 15) is 14.0 Å². The fourth-order valence-electron chi connectivity index (χ4n) is 2.95. The molecule has 2 aromatic rings. The first-order chi connectivity index (χ1) is 15.8. The van der Waals surface area contributed by atoms with Gasteiger partial charge in [-0.15, -0.1) is 22.0 Å². The van der Waals surface area contributed by atoms with Crippen LogP contribution in [0.15, 0.2) is 81.5 Å². The van der Waals surface area contributed by atoms with E-state index in [4.69, 9.17) is 0 Å². The number of halogens is 1. The highest BCUT2D eigenvalue weighted by Crippen LogP contribution is 2.21. The van der Waals surface area contributed by atoms with Crippen LogP contribution < -0.4 is 10.6 Å². The Bertz CT molecular complexity index is 1170. The van der Waals surface area contributed by atoms with Gasteiger partial charge in [0.25, 0.3) is 5.91 Å². The zero-order valence-corrected chi connectivity index (χ0v) is 19.3. The highest BCUT2D eigenvalue weighted by atomic mass is 32.2. The van der Waals surface area contributed by atoms with Gasteiger partial charge in [0, 0.05) is 16.9 Å². The maximum atomic E-state index is 13.3. The van der Waals surface area contributed by atoms with Crippen LogP contribution in [0.4, 0.5) is 15.8 Å². The Morgan fingerprint density at radius 2 is 1.97 bits per heavy atom. The summed E-state index contributed by atoms with van der Waals surface area (Å²) in [6.45, 7) is 5.66. The fraction of sp³-hybridized carbons (Fsp3) is 0.208. The van der Waals surface area contributed by atoms with E-state index >= 15 is 0 Å². The van der Waals surface area contributed by atoms with Gasteiger partial charge < -0.3 is 10.6 Å². The number of benzene rings is 2. The molecule has 0 aliphatic carbocycles. The van der Waals surface area contributed by atoms with Crippen molar-refractivity contribution in [2.45, 2.75) is 26.3 Å². The first-order valence-corrected chi connectivity index (χ1v) is 11.3. The molecule has 2 amide bonds. The minimum Gasteiger partial charge on any atom is -0.325 e. The van der Waals surface area contributed by atoms with E-state index in [1.807, 2.05) is 32.0 Å². The van der Waals surface area contributed by atoms with Crippen molar-refractivity contribution in [1.29, 1.82) is 0 Å². The van der Waals surface area contributed by atoms with Crippen LogP contribution >= 0.6 is 11.8 Å². The van der Waals surface area contributed by atoms with Gasteiger partial charge >= 0.3 is 0 Å². The molecule has 1 aliphatic heterocycles. The maximum Gasteiger partial charge on any atom is 0.255 e. The average molecular weight is 466 g/mol. The van der Waals surface area contributed by atoms with Crippen molar-refractivity contribution < 1.29 is 14.0 Å². The quantitative estimate of drug-likeness (QED) is 0.403. The van der Waals surface area contributed by atoms with Crippen molar-refractivity contribution in [3.63, 3.8) is 0 Å². The Kier molecular flexibility index (Phi) is 8.26. The normalized spacial score (nSPS) is 15.6. The van der Waals surface area contributed by atoms with E-state index in [0.717, 1.165) is 16.8 Å². The second-order valence-electron chi connectivity index (χ2n) is 7.25. The van der Waals surface area contributed by atoms with Crippen molar-refractivity contribution in [1.82, 2.24) is 0 Å². The largest absolute Gasteiger partial charge is 0.325 e. The number of amidine groups is 1. The lowest BCUT2D eigenvalue weighted by Crippen LogP contribution is -2.16. The Morgan fingerprint density at radius 1 is 1.15 bits per heavy atom. The minimum atomic E-state index is -0.523. The second kappa shape index (κ2) is 11.3. The van der Waals surface area contributed by atoms with Gasteiger partial charge in [-0.05, 0) is 62.8 Å². The number of rotatable bonds is 8. The number of thioether (sulfide) groups is 1. The molecule has 0 bridgehead atoms. The van der Waals surface area contributed by atoms with Crippen molar-refractivity contribution in [2.75, 3.05) is 16.4 Å². The van der Waals surface area contributed by atoms with Crippen LogP contribution in [0.25, 0.3) is 0 Å². The molecule has 0 saturated carbocycles. The van der Waals surface area contributed by atoms with Gasteiger partial charge in [0.1, 0.15) is 5.82 Å². The number of azo groups is 1. The van der Waals surface area contributed by atoms with Crippen molar-refractivity contribution in [3.05, 3.63) is 83.2 Å². The van der Waals surface area contributed by atoms with Crippen molar-refractivity contribution in [2.24, 2.45) is 15.2 Å². The molecule has 1 heterocycles. The smallest absolute Gasteiger partial charge is 0.255 e. The first-order valence-electron chi connectivity index (χ1n) is 10.2. The molecule has 2 aromatic carbocycles. The lowest BCUT2D eigenvalue weighted by atomic mass is 10.1. The highest BCUT2D eigenvalue weighted by molar-refractivity contribution is 8.00. The standard InChI is InChI=1S/C24H24FN5O2S/c1-4-17(23(32)26-19-7-5-6-18(25)13-19)9-11-21-28-24(30-29-21)33-14-22(31)27-20-10-8-15(2)12-16(20)3/h4-13,24H,14H2,1-3H3,(H,26,32)(H,27,31)/b11-9-,17-4+. The van der Waals surface area contributed by atoms with Gasteiger partial charge in [-0.25, -0.2) is 9.38 Å². The number of amides is 2. The van der Waals surface area contributed by atoms with Crippen LogP contribution in [0.3, 0.4) is 0 Å². The summed E-state index contributed by atoms with van der Waals surface area (Å²) in [6.07, 6.45) is 4.76. The fourth-order valence-corrected chi connectivity index (χ4v) is 3.62. The third-order valence-electron chi connectivity index (χ3n) is 4.59. The predicted molar refractivity (Wildman–Crippen MR) is 131 cm³/mol. The lowest BCUT2D eigenvalue weighted by molar-refractivity contribution is -0.114. The zero-order chi connectivity index (χ0) is 23.8. The van der Waals surface area contributed by atoms with E-state index in [-0.39, 0.29) is 17.6 Å². The molecule has 2 N–H and O–H groups in total. The molecule has 7 nitrogen and oxygen atoms in total. The molecule has 170 valence electrons. The van der Waals surface area contributed by atoms with Gasteiger partial charge in [-0.1, -0.05) is 29.8 Å². The Morgan fingerprint density at radius 3 is 2.70 bits per heavy atom. The highest BCUT2D eigenvalue weighted by Gasteiger charge is 2.16. The second-order valence-corrected chi connectivity index (χ2v) is 8.29. The number of hydrogen-bond donors (Lipinski definition) is 2. The minimum absolute atomic E-state index is 0.147. The van der Waals surface area contributed by atoms with Crippen LogP contribution in [0.5, 0.6) is 0 Å². The summed E-state index contributed by atoms with van der Waals surface area (Å²) in [5.74, 6) is -0.443. The molecule has 1 unspecified atom stereocenters. The van der Waals surface area contributed by atoms with E-state index in [2.05, 4.69) is 25.9 Å². The Labute approximate surface area is 196 Å². The molecule has 0 spiro atoms. The molecular formula is C24H24FN5O2S. The lowest BCUT2D eigenvalue weighted by Gasteiger charge is -2.09. The number of nitrogens with one attached hydrogen (secondary N) is 2. The summed E-state index contributed by atoms with van der Waals surface area (Å²) in [5, 5.41) is 13.6. The topological polar surface area (TPSA) is 95.3 Å². The molecule has 3 rings (SSSR count). The van der Waals surface area contributed by atoms with Gasteiger partial charge in [-0.2, -0.15) is 0 Å². The number of anilines is 2. The SMILES string of the molecule is C/C=C(\C=C/C1=NC(SCC(=O)Nc2ccc(C)cc2C)N=N1)C(=O)Nc1cccc(F)c1. The predicted octanol–water partition coefficient (Wildman–Crippen LogP) is 5.40. The monoisotopic (exact) mass is 465 g/mol. The summed E-state index contributed by atoms with van der Waals surface area (Å²) < 4.78 is 13.3. The summed E-state index contributed by atoms with van der Waals surface area (Å²) in [7, 11) is 0. The van der Waals surface area contributed by atoms with Gasteiger partial charge in [-0.3, -0.25) is 9.59 Å².